The fraction of sp³-hybridized carbons (Fsp3) is 0.583. The minimum Gasteiger partial charge on any atom is -0.545 e. The Kier molecular flexibility index (Phi) is 25.1. The van der Waals surface area contributed by atoms with Crippen LogP contribution in [0.4, 0.5) is 0 Å². The first kappa shape index (κ1) is 22.7. The van der Waals surface area contributed by atoms with Gasteiger partial charge in [0.1, 0.15) is 0 Å². The third-order valence-corrected chi connectivity index (χ3v) is 1.60. The predicted molar refractivity (Wildman–Crippen MR) is 61.3 cm³/mol. The number of carboxylic acids is 1. The number of unbranched alkanes of at least 4 members (excludes halogenated alkanes) is 2. The van der Waals surface area contributed by atoms with Gasteiger partial charge in [-0.1, -0.05) is 38.0 Å². The molecule has 0 heterocycles. The van der Waals surface area contributed by atoms with E-state index in [0.29, 0.717) is 6.42 Å². The number of hydrogen-bond acceptors (Lipinski definition) is 4. The van der Waals surface area contributed by atoms with Crippen LogP contribution in [0.15, 0.2) is 24.3 Å². The SMILES string of the molecule is C/C=C/C=C/C(=O)[O-].CCCCCC(O)O.[K+]. The van der Waals surface area contributed by atoms with Crippen molar-refractivity contribution in [3.8, 4) is 0 Å². The van der Waals surface area contributed by atoms with Gasteiger partial charge in [-0.3, -0.25) is 0 Å². The summed E-state index contributed by atoms with van der Waals surface area (Å²) in [6.07, 6.45) is 8.32. The fourth-order valence-corrected chi connectivity index (χ4v) is 0.822. The molecule has 0 bridgehead atoms. The van der Waals surface area contributed by atoms with E-state index in [1.807, 2.05) is 0 Å². The number of rotatable bonds is 6. The second-order valence-corrected chi connectivity index (χ2v) is 3.18. The van der Waals surface area contributed by atoms with Crippen LogP contribution >= 0.6 is 0 Å². The number of aliphatic hydroxyl groups is 2. The van der Waals surface area contributed by atoms with Crippen molar-refractivity contribution < 1.29 is 71.5 Å². The molecule has 4 nitrogen and oxygen atoms in total. The molecule has 0 saturated heterocycles. The molecule has 0 aromatic heterocycles. The fourth-order valence-electron chi connectivity index (χ4n) is 0.822. The average molecular weight is 268 g/mol. The van der Waals surface area contributed by atoms with E-state index in [2.05, 4.69) is 6.92 Å². The molecule has 0 aliphatic carbocycles. The molecule has 0 aliphatic heterocycles. The molecule has 2 N–H and O–H groups in total. The van der Waals surface area contributed by atoms with Gasteiger partial charge in [0, 0.05) is 0 Å². The summed E-state index contributed by atoms with van der Waals surface area (Å²) in [6, 6.07) is 0. The van der Waals surface area contributed by atoms with Gasteiger partial charge in [0.25, 0.3) is 0 Å². The summed E-state index contributed by atoms with van der Waals surface area (Å²) in [5.74, 6) is -1.16. The zero-order valence-electron chi connectivity index (χ0n) is 10.9. The summed E-state index contributed by atoms with van der Waals surface area (Å²) in [6.45, 7) is 3.89. The summed E-state index contributed by atoms with van der Waals surface area (Å²) in [5, 5.41) is 26.3. The Morgan fingerprint density at radius 2 is 1.88 bits per heavy atom. The molecule has 0 fully saturated rings. The van der Waals surface area contributed by atoms with E-state index in [4.69, 9.17) is 10.2 Å². The number of aliphatic carboxylic acids is 1. The third-order valence-electron chi connectivity index (χ3n) is 1.60. The maximum absolute atomic E-state index is 9.64. The average Bonchev–Trinajstić information content (AvgIpc) is 2.18. The quantitative estimate of drug-likeness (QED) is 0.187. The second-order valence-electron chi connectivity index (χ2n) is 3.18. The third kappa shape index (κ3) is 31.5. The Morgan fingerprint density at radius 3 is 2.24 bits per heavy atom. The molecular weight excluding hydrogens is 247 g/mol. The van der Waals surface area contributed by atoms with Crippen LogP contribution in [0, 0.1) is 0 Å². The van der Waals surface area contributed by atoms with E-state index in [9.17, 15) is 9.90 Å². The molecule has 5 heteroatoms. The van der Waals surface area contributed by atoms with Crippen LogP contribution in [-0.4, -0.2) is 22.5 Å². The van der Waals surface area contributed by atoms with E-state index in [-0.39, 0.29) is 51.4 Å². The molecule has 0 amide bonds. The van der Waals surface area contributed by atoms with Gasteiger partial charge in [0.2, 0.25) is 0 Å². The second kappa shape index (κ2) is 18.9. The van der Waals surface area contributed by atoms with Crippen LogP contribution in [0.1, 0.15) is 39.5 Å². The van der Waals surface area contributed by atoms with Crippen LogP contribution in [0.3, 0.4) is 0 Å². The normalized spacial score (nSPS) is 10.2. The maximum atomic E-state index is 9.64. The molecule has 0 spiro atoms. The molecule has 0 rings (SSSR count). The molecule has 94 valence electrons. The molecule has 0 aromatic rings. The van der Waals surface area contributed by atoms with Crippen LogP contribution in [0.5, 0.6) is 0 Å². The largest absolute Gasteiger partial charge is 1.00 e. The Morgan fingerprint density at radius 1 is 1.29 bits per heavy atom. The summed E-state index contributed by atoms with van der Waals surface area (Å²) in [4.78, 5) is 9.64. The number of carboxylic acid groups (broad SMARTS) is 1. The minimum absolute atomic E-state index is 0. The number of aliphatic hydroxyl groups excluding tert-OH is 1. The van der Waals surface area contributed by atoms with Gasteiger partial charge in [0.15, 0.2) is 6.29 Å². The molecule has 0 aliphatic rings. The maximum Gasteiger partial charge on any atom is 1.00 e. The van der Waals surface area contributed by atoms with Crippen molar-refractivity contribution in [3.05, 3.63) is 24.3 Å². The Labute approximate surface area is 146 Å². The Hall–Kier alpha value is 0.506. The number of allylic oxidation sites excluding steroid dienone is 3. The van der Waals surface area contributed by atoms with E-state index in [0.717, 1.165) is 25.3 Å². The van der Waals surface area contributed by atoms with Crippen molar-refractivity contribution >= 4 is 5.97 Å². The van der Waals surface area contributed by atoms with E-state index >= 15 is 0 Å². The number of hydrogen-bond donors (Lipinski definition) is 2. The van der Waals surface area contributed by atoms with Crippen LogP contribution in [0.25, 0.3) is 0 Å². The van der Waals surface area contributed by atoms with Crippen molar-refractivity contribution in [2.24, 2.45) is 0 Å². The van der Waals surface area contributed by atoms with Gasteiger partial charge < -0.3 is 20.1 Å². The van der Waals surface area contributed by atoms with Crippen molar-refractivity contribution in [2.75, 3.05) is 0 Å². The monoisotopic (exact) mass is 268 g/mol. The Balaban J connectivity index is -0.000000218. The molecule has 0 saturated carbocycles. The Bertz CT molecular complexity index is 213. The van der Waals surface area contributed by atoms with Crippen LogP contribution < -0.4 is 56.5 Å². The summed E-state index contributed by atoms with van der Waals surface area (Å²) in [7, 11) is 0. The van der Waals surface area contributed by atoms with E-state index < -0.39 is 12.3 Å². The first-order valence-electron chi connectivity index (χ1n) is 5.41. The van der Waals surface area contributed by atoms with Crippen molar-refractivity contribution in [1.29, 1.82) is 0 Å². The van der Waals surface area contributed by atoms with Crippen molar-refractivity contribution in [2.45, 2.75) is 45.8 Å². The van der Waals surface area contributed by atoms with Gasteiger partial charge in [-0.2, -0.15) is 0 Å². The van der Waals surface area contributed by atoms with Gasteiger partial charge in [-0.15, -0.1) is 0 Å². The zero-order chi connectivity index (χ0) is 12.8. The molecule has 17 heavy (non-hydrogen) atoms. The molecule has 0 atom stereocenters. The summed E-state index contributed by atoms with van der Waals surface area (Å²) >= 11 is 0. The van der Waals surface area contributed by atoms with Gasteiger partial charge >= 0.3 is 51.4 Å². The van der Waals surface area contributed by atoms with Gasteiger partial charge in [-0.05, 0) is 25.8 Å². The molecule has 0 aromatic carbocycles. The summed E-state index contributed by atoms with van der Waals surface area (Å²) in [5.41, 5.74) is 0. The molecule has 0 unspecified atom stereocenters. The summed E-state index contributed by atoms with van der Waals surface area (Å²) < 4.78 is 0. The van der Waals surface area contributed by atoms with Crippen molar-refractivity contribution in [1.82, 2.24) is 0 Å². The number of carbonyl (C=O) groups excluding carboxylic acids is 1. The van der Waals surface area contributed by atoms with Crippen LogP contribution in [-0.2, 0) is 4.79 Å². The van der Waals surface area contributed by atoms with E-state index in [1.165, 1.54) is 6.08 Å². The van der Waals surface area contributed by atoms with E-state index in [1.54, 1.807) is 19.1 Å². The van der Waals surface area contributed by atoms with Crippen LogP contribution in [0.2, 0.25) is 0 Å². The first-order chi connectivity index (χ1) is 7.54. The smallest absolute Gasteiger partial charge is 0.545 e. The standard InChI is InChI=1S/C6H14O2.C6H8O2.K/c2*1-2-3-4-5-6(7)8;/h6-8H,2-5H2,1H3;2-5H,1H3,(H,7,8);/q;;+1/p-1/b;3-2+,5-4+;. The molecule has 0 radical (unpaired) electrons. The van der Waals surface area contributed by atoms with Gasteiger partial charge in [0.05, 0.1) is 5.97 Å². The number of carbonyl (C=O) groups is 1. The van der Waals surface area contributed by atoms with Crippen molar-refractivity contribution in [3.63, 3.8) is 0 Å². The molecular formula is C12H21KO4. The topological polar surface area (TPSA) is 80.6 Å². The zero-order valence-corrected chi connectivity index (χ0v) is 14.0. The predicted octanol–water partition coefficient (Wildman–Crippen LogP) is -2.25. The minimum atomic E-state index is -1.16. The van der Waals surface area contributed by atoms with Gasteiger partial charge in [-0.25, -0.2) is 0 Å². The first-order valence-corrected chi connectivity index (χ1v) is 5.41.